The van der Waals surface area contributed by atoms with Gasteiger partial charge in [0.05, 0.1) is 18.7 Å². The molecule has 1 amide bonds. The Morgan fingerprint density at radius 2 is 1.96 bits per heavy atom. The predicted octanol–water partition coefficient (Wildman–Crippen LogP) is 1.45. The van der Waals surface area contributed by atoms with Crippen molar-refractivity contribution in [1.82, 2.24) is 10.6 Å². The zero-order chi connectivity index (χ0) is 19.1. The van der Waals surface area contributed by atoms with Crippen molar-refractivity contribution in [3.05, 3.63) is 64.4 Å². The van der Waals surface area contributed by atoms with E-state index in [2.05, 4.69) is 15.5 Å². The molecule has 1 unspecified atom stereocenters. The van der Waals surface area contributed by atoms with Crippen LogP contribution in [-0.2, 0) is 4.84 Å². The third kappa shape index (κ3) is 5.13. The molecule has 7 nitrogen and oxygen atoms in total. The number of halogens is 2. The highest BCUT2D eigenvalue weighted by Crippen LogP contribution is 2.23. The van der Waals surface area contributed by atoms with Gasteiger partial charge in [-0.25, -0.2) is 10.3 Å². The quantitative estimate of drug-likeness (QED) is 0.348. The van der Waals surface area contributed by atoms with Gasteiger partial charge in [-0.15, -0.1) is 0 Å². The van der Waals surface area contributed by atoms with Gasteiger partial charge in [-0.1, -0.05) is 17.7 Å². The van der Waals surface area contributed by atoms with E-state index in [1.54, 1.807) is 12.1 Å². The second kappa shape index (κ2) is 9.46. The molecule has 0 aromatic heterocycles. The number of hydrogen-bond donors (Lipinski definition) is 5. The first-order chi connectivity index (χ1) is 12.5. The Labute approximate surface area is 154 Å². The van der Waals surface area contributed by atoms with Crippen LogP contribution in [0.25, 0.3) is 0 Å². The molecule has 6 N–H and O–H groups in total. The maximum absolute atomic E-state index is 13.7. The summed E-state index contributed by atoms with van der Waals surface area (Å²) in [6, 6.07) is 8.40. The molecule has 0 aliphatic rings. The highest BCUT2D eigenvalue weighted by molar-refractivity contribution is 6.30. The van der Waals surface area contributed by atoms with Crippen LogP contribution < -0.4 is 16.5 Å². The van der Waals surface area contributed by atoms with Gasteiger partial charge in [0.15, 0.2) is 11.6 Å². The van der Waals surface area contributed by atoms with E-state index in [0.29, 0.717) is 16.1 Å². The molecule has 2 atom stereocenters. The van der Waals surface area contributed by atoms with Crippen LogP contribution >= 0.6 is 11.6 Å². The molecule has 0 aliphatic carbocycles. The number of aromatic hydroxyl groups is 1. The summed E-state index contributed by atoms with van der Waals surface area (Å²) in [5.74, 6) is 3.24. The van der Waals surface area contributed by atoms with Crippen LogP contribution in [0.5, 0.6) is 5.75 Å². The topological polar surface area (TPSA) is 117 Å². The first-order valence-electron chi connectivity index (χ1n) is 7.67. The molecule has 2 aromatic rings. The molecule has 0 radical (unpaired) electrons. The number of phenols is 1. The molecule has 0 heterocycles. The van der Waals surface area contributed by atoms with Gasteiger partial charge in [0, 0.05) is 10.6 Å². The Morgan fingerprint density at radius 3 is 2.54 bits per heavy atom. The first-order valence-corrected chi connectivity index (χ1v) is 8.04. The number of aliphatic hydroxyl groups excluding tert-OH is 1. The Balaban J connectivity index is 2.23. The Kier molecular flexibility index (Phi) is 7.31. The number of nitrogens with two attached hydrogens (primary N) is 1. The van der Waals surface area contributed by atoms with Crippen LogP contribution in [0.2, 0.25) is 5.02 Å². The van der Waals surface area contributed by atoms with Crippen LogP contribution in [0.4, 0.5) is 4.39 Å². The summed E-state index contributed by atoms with van der Waals surface area (Å²) in [5, 5.41) is 25.1. The van der Waals surface area contributed by atoms with Gasteiger partial charge in [0.25, 0.3) is 5.91 Å². The number of nitrogens with one attached hydrogen (secondary N) is 2. The molecule has 2 rings (SSSR count). The molecule has 0 saturated carbocycles. The van der Waals surface area contributed by atoms with Crippen molar-refractivity contribution in [3.63, 3.8) is 0 Å². The van der Waals surface area contributed by atoms with Gasteiger partial charge in [-0.3, -0.25) is 14.9 Å². The van der Waals surface area contributed by atoms with Gasteiger partial charge >= 0.3 is 0 Å². The predicted molar refractivity (Wildman–Crippen MR) is 93.9 cm³/mol. The maximum atomic E-state index is 13.7. The summed E-state index contributed by atoms with van der Waals surface area (Å²) in [7, 11) is 0. The third-order valence-corrected chi connectivity index (χ3v) is 3.99. The van der Waals surface area contributed by atoms with Gasteiger partial charge in [-0.05, 0) is 42.0 Å². The summed E-state index contributed by atoms with van der Waals surface area (Å²) in [5.41, 5.74) is 0.728. The summed E-state index contributed by atoms with van der Waals surface area (Å²) >= 11 is 5.80. The van der Waals surface area contributed by atoms with E-state index >= 15 is 0 Å². The third-order valence-electron chi connectivity index (χ3n) is 3.74. The second-order valence-corrected chi connectivity index (χ2v) is 5.91. The molecular weight excluding hydrogens is 365 g/mol. The zero-order valence-electron chi connectivity index (χ0n) is 13.7. The van der Waals surface area contributed by atoms with Crippen molar-refractivity contribution in [2.45, 2.75) is 12.1 Å². The summed E-state index contributed by atoms with van der Waals surface area (Å²) in [6.07, 6.45) is 0. The van der Waals surface area contributed by atoms with Crippen LogP contribution in [0.3, 0.4) is 0 Å². The van der Waals surface area contributed by atoms with Crippen LogP contribution in [-0.4, -0.2) is 35.5 Å². The molecule has 2 aromatic carbocycles. The Hall–Kier alpha value is -2.23. The van der Waals surface area contributed by atoms with Crippen molar-refractivity contribution in [2.75, 3.05) is 13.3 Å². The molecule has 0 bridgehead atoms. The number of amides is 1. The lowest BCUT2D eigenvalue weighted by molar-refractivity contribution is 0.0828. The number of rotatable bonds is 8. The lowest BCUT2D eigenvalue weighted by atomic mass is 9.99. The molecule has 26 heavy (non-hydrogen) atoms. The van der Waals surface area contributed by atoms with Gasteiger partial charge in [0.1, 0.15) is 6.73 Å². The number of phenolic OH excluding ortho intramolecular Hbond substituents is 1. The Bertz CT molecular complexity index is 745. The van der Waals surface area contributed by atoms with E-state index in [0.717, 1.165) is 6.07 Å². The molecule has 0 aliphatic heterocycles. The van der Waals surface area contributed by atoms with E-state index in [-0.39, 0.29) is 6.73 Å². The molecule has 140 valence electrons. The summed E-state index contributed by atoms with van der Waals surface area (Å²) < 4.78 is 13.7. The standard InChI is InChI=1S/C17H19ClFN3O4/c18-12-4-1-10(2-5-12)17(25)22-14(8-23)16(21-9-26-20)11-3-6-15(24)13(19)7-11/h1-7,14,16,21,23-24H,8-9,20H2,(H,22,25)/t14-,16?/m0/s1. The largest absolute Gasteiger partial charge is 0.505 e. The van der Waals surface area contributed by atoms with Crippen molar-refractivity contribution < 1.29 is 24.2 Å². The van der Waals surface area contributed by atoms with Crippen LogP contribution in [0, 0.1) is 5.82 Å². The molecule has 0 saturated heterocycles. The number of carbonyl (C=O) groups is 1. The van der Waals surface area contributed by atoms with Crippen molar-refractivity contribution >= 4 is 17.5 Å². The lowest BCUT2D eigenvalue weighted by Gasteiger charge is -2.28. The van der Waals surface area contributed by atoms with Gasteiger partial charge < -0.3 is 15.5 Å². The van der Waals surface area contributed by atoms with Crippen LogP contribution in [0.15, 0.2) is 42.5 Å². The average molecular weight is 384 g/mol. The van der Waals surface area contributed by atoms with Crippen LogP contribution in [0.1, 0.15) is 22.0 Å². The maximum Gasteiger partial charge on any atom is 0.251 e. The molecule has 0 spiro atoms. The van der Waals surface area contributed by atoms with Crippen molar-refractivity contribution in [2.24, 2.45) is 5.90 Å². The minimum Gasteiger partial charge on any atom is -0.505 e. The van der Waals surface area contributed by atoms with E-state index in [1.165, 1.54) is 24.3 Å². The molecular formula is C17H19ClFN3O4. The summed E-state index contributed by atoms with van der Waals surface area (Å²) in [4.78, 5) is 16.9. The highest BCUT2D eigenvalue weighted by atomic mass is 35.5. The normalized spacial score (nSPS) is 13.2. The fraction of sp³-hybridized carbons (Fsp3) is 0.235. The SMILES string of the molecule is NOCNC(c1ccc(O)c(F)c1)[C@H](CO)NC(=O)c1ccc(Cl)cc1. The fourth-order valence-electron chi connectivity index (χ4n) is 2.43. The van der Waals surface area contributed by atoms with E-state index in [4.69, 9.17) is 17.5 Å². The average Bonchev–Trinajstić information content (AvgIpc) is 2.64. The molecule has 0 fully saturated rings. The number of hydrogen-bond acceptors (Lipinski definition) is 6. The second-order valence-electron chi connectivity index (χ2n) is 5.47. The highest BCUT2D eigenvalue weighted by Gasteiger charge is 2.25. The number of carbonyl (C=O) groups excluding carboxylic acids is 1. The smallest absolute Gasteiger partial charge is 0.251 e. The van der Waals surface area contributed by atoms with E-state index < -0.39 is 36.2 Å². The Morgan fingerprint density at radius 1 is 1.27 bits per heavy atom. The van der Waals surface area contributed by atoms with E-state index in [1.807, 2.05) is 0 Å². The lowest BCUT2D eigenvalue weighted by Crippen LogP contribution is -2.47. The summed E-state index contributed by atoms with van der Waals surface area (Å²) in [6.45, 7) is -0.551. The first kappa shape index (κ1) is 20.1. The zero-order valence-corrected chi connectivity index (χ0v) is 14.4. The van der Waals surface area contributed by atoms with Gasteiger partial charge in [-0.2, -0.15) is 0 Å². The van der Waals surface area contributed by atoms with E-state index in [9.17, 15) is 19.4 Å². The number of aliphatic hydroxyl groups is 1. The van der Waals surface area contributed by atoms with Gasteiger partial charge in [0.2, 0.25) is 0 Å². The minimum atomic E-state index is -0.830. The fourth-order valence-corrected chi connectivity index (χ4v) is 2.56. The monoisotopic (exact) mass is 383 g/mol. The molecule has 9 heteroatoms. The number of benzene rings is 2. The minimum absolute atomic E-state index is 0.111. The van der Waals surface area contributed by atoms with Crippen molar-refractivity contribution in [1.29, 1.82) is 0 Å². The van der Waals surface area contributed by atoms with Crippen molar-refractivity contribution in [3.8, 4) is 5.75 Å².